The standard InChI is InChI=1S/C47H56ClN9O9S2/c1-31(29-55-20-22-67(63,23-21-55)53-46(59)60)51-41-11-9-38(26-42(41)57(61)62)68(64,65)52-45(58)39-10-8-36(25-43(39)66-37-24-33-13-15-49-44(33)50-28-37)56-18-16-54(17-19-56)30-34-12-14-47(2,3)27-40(34)32-4-6-35(48)7-5-32/h4-11,13,15,24-26,28,31,51,67H,12,14,16-23,27,29-30H2,1-3H3,(H,49,50)(H,52,58)(H,53,63)(H,59,60)/t31-/m0/s1. The number of allylic oxidation sites excluding steroid dienone is 1. The summed E-state index contributed by atoms with van der Waals surface area (Å²) in [6.07, 6.45) is 4.99. The van der Waals surface area contributed by atoms with Crippen molar-refractivity contribution in [1.82, 2.24) is 24.5 Å². The molecule has 1 aliphatic carbocycles. The molecule has 21 heteroatoms. The Morgan fingerprint density at radius 1 is 1.01 bits per heavy atom. The summed E-state index contributed by atoms with van der Waals surface area (Å²) in [7, 11) is -7.57. The predicted molar refractivity (Wildman–Crippen MR) is 266 cm³/mol. The first kappa shape index (κ1) is 48.6. The molecule has 5 aromatic rings. The summed E-state index contributed by atoms with van der Waals surface area (Å²) >= 11 is 6.24. The number of piperazine rings is 1. The maximum atomic E-state index is 14.0. The fourth-order valence-electron chi connectivity index (χ4n) is 9.13. The monoisotopic (exact) mass is 989 g/mol. The van der Waals surface area contributed by atoms with Gasteiger partial charge in [0.25, 0.3) is 21.6 Å². The van der Waals surface area contributed by atoms with Gasteiger partial charge in [-0.05, 0) is 91.3 Å². The topological polar surface area (TPSA) is 236 Å². The van der Waals surface area contributed by atoms with E-state index in [9.17, 15) is 32.7 Å². The number of aromatic amines is 1. The lowest BCUT2D eigenvalue weighted by atomic mass is 9.72. The van der Waals surface area contributed by atoms with Crippen LogP contribution in [0.4, 0.5) is 21.9 Å². The van der Waals surface area contributed by atoms with E-state index in [0.29, 0.717) is 49.1 Å². The fraction of sp³-hybridized carbons (Fsp3) is 0.383. The van der Waals surface area contributed by atoms with E-state index < -0.39 is 47.6 Å². The van der Waals surface area contributed by atoms with Crippen LogP contribution in [-0.4, -0.2) is 125 Å². The van der Waals surface area contributed by atoms with Gasteiger partial charge in [-0.3, -0.25) is 24.7 Å². The molecule has 362 valence electrons. The van der Waals surface area contributed by atoms with Crippen molar-refractivity contribution in [3.05, 3.63) is 117 Å². The number of anilines is 2. The second kappa shape index (κ2) is 20.0. The van der Waals surface area contributed by atoms with E-state index in [1.165, 1.54) is 41.1 Å². The molecule has 18 nitrogen and oxygen atoms in total. The number of thiol groups is 1. The number of hydrogen-bond donors (Lipinski definition) is 6. The van der Waals surface area contributed by atoms with Crippen LogP contribution in [0.2, 0.25) is 5.02 Å². The second-order valence-corrected chi connectivity index (χ2v) is 23.5. The van der Waals surface area contributed by atoms with Crippen LogP contribution in [0.25, 0.3) is 16.6 Å². The van der Waals surface area contributed by atoms with Gasteiger partial charge in [0.05, 0.1) is 21.6 Å². The average molecular weight is 991 g/mol. The van der Waals surface area contributed by atoms with Gasteiger partial charge < -0.3 is 29.6 Å². The van der Waals surface area contributed by atoms with Crippen molar-refractivity contribution in [2.24, 2.45) is 9.78 Å². The van der Waals surface area contributed by atoms with Crippen LogP contribution in [-0.2, 0) is 20.1 Å². The molecule has 4 heterocycles. The van der Waals surface area contributed by atoms with Crippen molar-refractivity contribution in [2.75, 3.05) is 74.1 Å². The van der Waals surface area contributed by atoms with Crippen molar-refractivity contribution in [2.45, 2.75) is 51.0 Å². The number of benzene rings is 3. The summed E-state index contributed by atoms with van der Waals surface area (Å²) in [5.74, 6) is -0.162. The highest BCUT2D eigenvalue weighted by Crippen LogP contribution is 2.43. The largest absolute Gasteiger partial charge is 0.463 e. The highest BCUT2D eigenvalue weighted by Gasteiger charge is 2.31. The Morgan fingerprint density at radius 2 is 1.75 bits per heavy atom. The first-order valence-corrected chi connectivity index (χ1v) is 26.3. The SMILES string of the molecule is C[C@@H](CN1CC[SH](O)(=NC(=O)O)CC1)Nc1ccc(S(=O)(=O)NC(=O)c2ccc(N3CCN(CC4=C(c5ccc(Cl)cc5)CC(C)(C)CC4)CC3)cc2Oc2cnc3[nH]ccc3c2)cc1[N+](=O)[O-]. The van der Waals surface area contributed by atoms with E-state index in [-0.39, 0.29) is 40.0 Å². The van der Waals surface area contributed by atoms with Gasteiger partial charge in [-0.15, -0.1) is 0 Å². The Balaban J connectivity index is 0.974. The molecule has 8 rings (SSSR count). The van der Waals surface area contributed by atoms with Gasteiger partial charge in [0.1, 0.15) is 22.8 Å². The number of hydrogen-bond acceptors (Lipinski definition) is 12. The molecule has 0 unspecified atom stereocenters. The zero-order valence-corrected chi connectivity index (χ0v) is 40.5. The lowest BCUT2D eigenvalue weighted by molar-refractivity contribution is -0.384. The molecule has 2 aliphatic heterocycles. The van der Waals surface area contributed by atoms with Gasteiger partial charge in [0.2, 0.25) is 0 Å². The maximum Gasteiger partial charge on any atom is 0.437 e. The van der Waals surface area contributed by atoms with Crippen LogP contribution < -0.4 is 19.7 Å². The Morgan fingerprint density at radius 3 is 2.46 bits per heavy atom. The van der Waals surface area contributed by atoms with E-state index in [1.807, 2.05) is 23.1 Å². The molecule has 0 radical (unpaired) electrons. The number of nitro benzene ring substituents is 1. The van der Waals surface area contributed by atoms with E-state index >= 15 is 0 Å². The minimum Gasteiger partial charge on any atom is -0.463 e. The number of carbonyl (C=O) groups is 2. The minimum absolute atomic E-state index is 0.0626. The Hall–Kier alpha value is -5.90. The van der Waals surface area contributed by atoms with Crippen molar-refractivity contribution in [3.63, 3.8) is 0 Å². The number of fused-ring (bicyclic) bond motifs is 1. The van der Waals surface area contributed by atoms with Crippen molar-refractivity contribution in [3.8, 4) is 11.5 Å². The second-order valence-electron chi connectivity index (χ2n) is 18.5. The summed E-state index contributed by atoms with van der Waals surface area (Å²) < 4.78 is 50.1. The highest BCUT2D eigenvalue weighted by atomic mass is 35.5. The molecule has 2 saturated heterocycles. The summed E-state index contributed by atoms with van der Waals surface area (Å²) in [4.78, 5) is 50.2. The summed E-state index contributed by atoms with van der Waals surface area (Å²) in [6, 6.07) is 19.7. The lowest BCUT2D eigenvalue weighted by Crippen LogP contribution is -2.47. The van der Waals surface area contributed by atoms with Gasteiger partial charge in [0, 0.05) is 104 Å². The van der Waals surface area contributed by atoms with E-state index in [0.717, 1.165) is 56.0 Å². The normalized spacial score (nSPS) is 18.7. The van der Waals surface area contributed by atoms with Crippen molar-refractivity contribution in [1.29, 1.82) is 0 Å². The van der Waals surface area contributed by atoms with Gasteiger partial charge in [-0.2, -0.15) is 4.36 Å². The Kier molecular flexibility index (Phi) is 14.3. The van der Waals surface area contributed by atoms with E-state index in [4.69, 9.17) is 21.4 Å². The molecule has 0 bridgehead atoms. The molecule has 3 aromatic carbocycles. The number of carbonyl (C=O) groups excluding carboxylic acids is 1. The molecule has 2 amide bonds. The average Bonchev–Trinajstić information content (AvgIpc) is 3.76. The number of nitro groups is 1. The molecule has 0 spiro atoms. The molecule has 0 saturated carbocycles. The zero-order valence-electron chi connectivity index (χ0n) is 38.0. The first-order valence-electron chi connectivity index (χ1n) is 22.4. The van der Waals surface area contributed by atoms with Crippen LogP contribution in [0.1, 0.15) is 56.0 Å². The number of H-pyrrole nitrogens is 1. The van der Waals surface area contributed by atoms with Crippen LogP contribution in [0.5, 0.6) is 11.5 Å². The third kappa shape index (κ3) is 11.7. The number of nitrogens with one attached hydrogen (secondary N) is 3. The number of nitrogens with zero attached hydrogens (tertiary/aromatic N) is 6. The lowest BCUT2D eigenvalue weighted by Gasteiger charge is -2.39. The molecule has 3 aliphatic rings. The van der Waals surface area contributed by atoms with Crippen LogP contribution >= 0.6 is 11.6 Å². The molecular formula is C47H56ClN9O9S2. The van der Waals surface area contributed by atoms with Gasteiger partial charge in [-0.25, -0.2) is 22.9 Å². The number of rotatable bonds is 14. The number of sulfonamides is 1. The number of aromatic nitrogens is 2. The third-order valence-corrected chi connectivity index (χ3v) is 16.8. The quantitative estimate of drug-likeness (QED) is 0.0350. The number of ether oxygens (including phenoxy) is 1. The number of carboxylic acid groups (broad SMARTS) is 1. The predicted octanol–water partition coefficient (Wildman–Crippen LogP) is 8.16. The van der Waals surface area contributed by atoms with Gasteiger partial charge >= 0.3 is 6.09 Å². The van der Waals surface area contributed by atoms with Crippen LogP contribution in [0, 0.1) is 15.5 Å². The van der Waals surface area contributed by atoms with Gasteiger partial charge in [0.15, 0.2) is 0 Å². The van der Waals surface area contributed by atoms with Gasteiger partial charge in [-0.1, -0.05) is 53.3 Å². The highest BCUT2D eigenvalue weighted by molar-refractivity contribution is 8.00. The molecule has 68 heavy (non-hydrogen) atoms. The summed E-state index contributed by atoms with van der Waals surface area (Å²) in [5.41, 5.74) is 5.14. The van der Waals surface area contributed by atoms with E-state index in [1.54, 1.807) is 31.3 Å². The molecule has 2 fully saturated rings. The molecule has 1 atom stereocenters. The molecule has 5 N–H and O–H groups in total. The summed E-state index contributed by atoms with van der Waals surface area (Å²) in [5, 5.41) is 25.8. The Bertz CT molecular complexity index is 2920. The smallest absolute Gasteiger partial charge is 0.437 e. The zero-order chi connectivity index (χ0) is 48.4. The van der Waals surface area contributed by atoms with E-state index in [2.05, 4.69) is 60.1 Å². The molecular weight excluding hydrogens is 934 g/mol. The van der Waals surface area contributed by atoms with Crippen molar-refractivity contribution < 1.29 is 37.3 Å². The number of halogens is 1. The number of amides is 2. The third-order valence-electron chi connectivity index (χ3n) is 12.8. The Labute approximate surface area is 400 Å². The fourth-order valence-corrected chi connectivity index (χ4v) is 12.2. The van der Waals surface area contributed by atoms with Crippen LogP contribution in [0.3, 0.4) is 0 Å². The van der Waals surface area contributed by atoms with Crippen LogP contribution in [0.15, 0.2) is 100 Å². The minimum atomic E-state index is -4.65. The molecule has 2 aromatic heterocycles. The van der Waals surface area contributed by atoms with Crippen molar-refractivity contribution >= 4 is 77.4 Å². The summed E-state index contributed by atoms with van der Waals surface area (Å²) in [6.45, 7) is 11.5. The first-order chi connectivity index (χ1) is 32.3. The number of pyridine rings is 1. The maximum absolute atomic E-state index is 14.0.